The molecule has 0 atom stereocenters. The fourth-order valence-electron chi connectivity index (χ4n) is 2.92. The third kappa shape index (κ3) is 5.34. The molecule has 3 aromatic rings. The topological polar surface area (TPSA) is 46.6 Å². The summed E-state index contributed by atoms with van der Waals surface area (Å²) < 4.78 is 7.86. The first kappa shape index (κ1) is 22.4. The van der Waals surface area contributed by atoms with Crippen LogP contribution >= 0.6 is 61.9 Å². The van der Waals surface area contributed by atoms with Gasteiger partial charge in [-0.2, -0.15) is 0 Å². The monoisotopic (exact) mass is 625 g/mol. The summed E-state index contributed by atoms with van der Waals surface area (Å²) in [6, 6.07) is 20.3. The van der Waals surface area contributed by atoms with E-state index >= 15 is 0 Å². The van der Waals surface area contributed by atoms with Crippen LogP contribution < -0.4 is 9.64 Å². The average Bonchev–Trinajstić information content (AvgIpc) is 3.01. The van der Waals surface area contributed by atoms with Crippen molar-refractivity contribution < 1.29 is 14.3 Å². The lowest BCUT2D eigenvalue weighted by Crippen LogP contribution is -2.27. The number of rotatable bonds is 5. The van der Waals surface area contributed by atoms with Crippen LogP contribution in [0.3, 0.4) is 0 Å². The highest BCUT2D eigenvalue weighted by atomic mass is 127. The molecule has 1 fully saturated rings. The number of imide groups is 1. The van der Waals surface area contributed by atoms with Crippen LogP contribution in [-0.2, 0) is 11.4 Å². The van der Waals surface area contributed by atoms with Crippen molar-refractivity contribution in [3.63, 3.8) is 0 Å². The molecule has 8 heteroatoms. The van der Waals surface area contributed by atoms with E-state index in [1.165, 1.54) is 0 Å². The Balaban J connectivity index is 1.49. The molecule has 1 heterocycles. The number of amides is 2. The molecule has 4 rings (SSSR count). The lowest BCUT2D eigenvalue weighted by atomic mass is 10.2. The van der Waals surface area contributed by atoms with E-state index in [4.69, 9.17) is 16.3 Å². The predicted octanol–water partition coefficient (Wildman–Crippen LogP) is 7.53. The minimum Gasteiger partial charge on any atom is -0.488 e. The molecule has 0 N–H and O–H groups in total. The van der Waals surface area contributed by atoms with Gasteiger partial charge in [-0.15, -0.1) is 0 Å². The van der Waals surface area contributed by atoms with Crippen molar-refractivity contribution in [2.45, 2.75) is 6.61 Å². The Kier molecular flexibility index (Phi) is 7.05. The highest BCUT2D eigenvalue weighted by Gasteiger charge is 2.36. The summed E-state index contributed by atoms with van der Waals surface area (Å²) in [6.45, 7) is 0.459. The van der Waals surface area contributed by atoms with Gasteiger partial charge in [-0.3, -0.25) is 9.59 Å². The van der Waals surface area contributed by atoms with Gasteiger partial charge in [0.05, 0.1) is 14.2 Å². The molecule has 1 aliphatic rings. The largest absolute Gasteiger partial charge is 0.488 e. The van der Waals surface area contributed by atoms with Crippen LogP contribution in [0, 0.1) is 3.57 Å². The molecule has 31 heavy (non-hydrogen) atoms. The van der Waals surface area contributed by atoms with Gasteiger partial charge >= 0.3 is 0 Å². The van der Waals surface area contributed by atoms with E-state index in [0.717, 1.165) is 41.6 Å². The Morgan fingerprint density at radius 1 is 1.06 bits per heavy atom. The third-order valence-corrected chi connectivity index (χ3v) is 6.90. The summed E-state index contributed by atoms with van der Waals surface area (Å²) in [5, 5.41) is 0.122. The van der Waals surface area contributed by atoms with Crippen LogP contribution in [0.15, 0.2) is 76.1 Å². The smallest absolute Gasteiger partial charge is 0.298 e. The van der Waals surface area contributed by atoms with Crippen molar-refractivity contribution in [3.8, 4) is 5.75 Å². The molecule has 0 spiro atoms. The number of nitrogens with zero attached hydrogens (tertiary/aromatic N) is 1. The minimum atomic E-state index is -0.358. The van der Waals surface area contributed by atoms with Crippen LogP contribution in [-0.4, -0.2) is 11.1 Å². The Morgan fingerprint density at radius 2 is 1.84 bits per heavy atom. The summed E-state index contributed by atoms with van der Waals surface area (Å²) in [7, 11) is 0. The van der Waals surface area contributed by atoms with E-state index in [0.29, 0.717) is 22.2 Å². The number of carbonyl (C=O) groups is 2. The van der Waals surface area contributed by atoms with E-state index in [1.807, 2.05) is 42.5 Å². The second-order valence-electron chi connectivity index (χ2n) is 6.60. The maximum atomic E-state index is 12.8. The zero-order valence-electron chi connectivity index (χ0n) is 15.8. The molecule has 0 bridgehead atoms. The fourth-order valence-corrected chi connectivity index (χ4v) is 4.91. The molecular weight excluding hydrogens is 613 g/mol. The van der Waals surface area contributed by atoms with Crippen molar-refractivity contribution in [1.82, 2.24) is 0 Å². The Bertz CT molecular complexity index is 1200. The van der Waals surface area contributed by atoms with Gasteiger partial charge in [-0.05, 0) is 94.0 Å². The number of carbonyl (C=O) groups excluding carboxylic acids is 2. The van der Waals surface area contributed by atoms with Crippen molar-refractivity contribution >= 4 is 84.8 Å². The highest BCUT2D eigenvalue weighted by molar-refractivity contribution is 14.1. The maximum Gasteiger partial charge on any atom is 0.298 e. The van der Waals surface area contributed by atoms with Gasteiger partial charge in [0.25, 0.3) is 11.1 Å². The average molecular weight is 627 g/mol. The van der Waals surface area contributed by atoms with Gasteiger partial charge in [0.1, 0.15) is 12.4 Å². The van der Waals surface area contributed by atoms with Gasteiger partial charge in [0.15, 0.2) is 0 Å². The first-order valence-electron chi connectivity index (χ1n) is 9.11. The lowest BCUT2D eigenvalue weighted by molar-refractivity contribution is -0.113. The molecule has 0 radical (unpaired) electrons. The van der Waals surface area contributed by atoms with Crippen LogP contribution in [0.2, 0.25) is 5.02 Å². The van der Waals surface area contributed by atoms with Gasteiger partial charge in [0.2, 0.25) is 0 Å². The molecule has 1 saturated heterocycles. The molecular formula is C23H14BrClINO3S. The van der Waals surface area contributed by atoms with E-state index in [1.54, 1.807) is 30.3 Å². The van der Waals surface area contributed by atoms with Gasteiger partial charge < -0.3 is 4.74 Å². The number of halogens is 3. The number of hydrogen-bond acceptors (Lipinski definition) is 4. The summed E-state index contributed by atoms with van der Waals surface area (Å²) in [5.74, 6) is 0.399. The van der Waals surface area contributed by atoms with E-state index in [-0.39, 0.29) is 11.1 Å². The molecule has 0 saturated carbocycles. The second kappa shape index (κ2) is 9.77. The normalized spacial score (nSPS) is 15.1. The summed E-state index contributed by atoms with van der Waals surface area (Å²) in [4.78, 5) is 26.7. The van der Waals surface area contributed by atoms with E-state index in [2.05, 4.69) is 38.5 Å². The third-order valence-electron chi connectivity index (χ3n) is 4.42. The Hall–Kier alpha value is -1.81. The maximum absolute atomic E-state index is 12.8. The number of benzene rings is 3. The molecule has 0 aromatic heterocycles. The molecule has 2 amide bonds. The van der Waals surface area contributed by atoms with Crippen molar-refractivity contribution in [2.24, 2.45) is 0 Å². The van der Waals surface area contributed by atoms with Gasteiger partial charge in [-0.1, -0.05) is 51.8 Å². The summed E-state index contributed by atoms with van der Waals surface area (Å²) in [6.07, 6.45) is 1.72. The Morgan fingerprint density at radius 3 is 2.55 bits per heavy atom. The van der Waals surface area contributed by atoms with Crippen LogP contribution in [0.5, 0.6) is 5.75 Å². The number of ether oxygens (including phenoxy) is 1. The second-order valence-corrected chi connectivity index (χ2v) is 10.1. The molecule has 0 unspecified atom stereocenters. The van der Waals surface area contributed by atoms with E-state index < -0.39 is 0 Å². The standard InChI is InChI=1S/C23H14BrClINO3S/c24-16-7-4-14(5-8-16)13-30-20-9-6-15(10-19(20)26)11-21-22(28)27(23(29)31-21)18-3-1-2-17(25)12-18/h1-12H,13H2/b21-11+. The first-order valence-corrected chi connectivity index (χ1v) is 12.2. The van der Waals surface area contributed by atoms with Crippen molar-refractivity contribution in [3.05, 3.63) is 95.8 Å². The SMILES string of the molecule is O=C1S/C(=C/c2ccc(OCc3ccc(Br)cc3)c(I)c2)C(=O)N1c1cccc(Cl)c1. The van der Waals surface area contributed by atoms with Crippen molar-refractivity contribution in [1.29, 1.82) is 0 Å². The molecule has 1 aliphatic heterocycles. The van der Waals surface area contributed by atoms with Gasteiger partial charge in [-0.25, -0.2) is 4.90 Å². The molecule has 156 valence electrons. The zero-order valence-corrected chi connectivity index (χ0v) is 21.2. The first-order chi connectivity index (χ1) is 14.9. The van der Waals surface area contributed by atoms with Gasteiger partial charge in [0, 0.05) is 9.50 Å². The summed E-state index contributed by atoms with van der Waals surface area (Å²) in [5.41, 5.74) is 2.35. The highest BCUT2D eigenvalue weighted by Crippen LogP contribution is 2.37. The van der Waals surface area contributed by atoms with Crippen molar-refractivity contribution in [2.75, 3.05) is 4.90 Å². The van der Waals surface area contributed by atoms with Crippen LogP contribution in [0.4, 0.5) is 10.5 Å². The lowest BCUT2D eigenvalue weighted by Gasteiger charge is -2.12. The minimum absolute atomic E-state index is 0.345. The van der Waals surface area contributed by atoms with E-state index in [9.17, 15) is 9.59 Å². The number of anilines is 1. The quantitative estimate of drug-likeness (QED) is 0.217. The molecule has 0 aliphatic carbocycles. The van der Waals surface area contributed by atoms with Crippen LogP contribution in [0.1, 0.15) is 11.1 Å². The predicted molar refractivity (Wildman–Crippen MR) is 138 cm³/mol. The Labute approximate surface area is 210 Å². The fraction of sp³-hybridized carbons (Fsp3) is 0.0435. The zero-order chi connectivity index (χ0) is 22.0. The number of thioether (sulfide) groups is 1. The molecule has 3 aromatic carbocycles. The van der Waals surface area contributed by atoms with Crippen LogP contribution in [0.25, 0.3) is 6.08 Å². The summed E-state index contributed by atoms with van der Waals surface area (Å²) >= 11 is 12.5. The number of hydrogen-bond donors (Lipinski definition) is 0. The molecule has 4 nitrogen and oxygen atoms in total.